The molecule has 0 aromatic carbocycles. The van der Waals surface area contributed by atoms with Gasteiger partial charge in [-0.3, -0.25) is 4.79 Å². The van der Waals surface area contributed by atoms with E-state index in [9.17, 15) is 15.0 Å². The van der Waals surface area contributed by atoms with E-state index in [1.54, 1.807) is 0 Å². The lowest BCUT2D eigenvalue weighted by molar-refractivity contribution is -0.113. The lowest BCUT2D eigenvalue weighted by Gasteiger charge is -2.21. The van der Waals surface area contributed by atoms with Crippen LogP contribution in [0, 0.1) is 0 Å². The van der Waals surface area contributed by atoms with Crippen LogP contribution >= 0.6 is 0 Å². The molecule has 1 rings (SSSR count). The fourth-order valence-corrected chi connectivity index (χ4v) is 4.18. The van der Waals surface area contributed by atoms with Crippen molar-refractivity contribution in [3.8, 4) is 0 Å². The number of hydrogen-bond donors (Lipinski definition) is 4. The molecule has 0 aliphatic carbocycles. The van der Waals surface area contributed by atoms with E-state index in [0.29, 0.717) is 19.8 Å². The molecule has 1 aliphatic rings. The van der Waals surface area contributed by atoms with Crippen LogP contribution in [0.5, 0.6) is 0 Å². The average Bonchev–Trinajstić information content (AvgIpc) is 3.12. The van der Waals surface area contributed by atoms with Crippen LogP contribution in [0.4, 0.5) is 0 Å². The molecule has 8 heteroatoms. The van der Waals surface area contributed by atoms with Crippen LogP contribution in [0.15, 0.2) is 12.3 Å². The Labute approximate surface area is 206 Å². The van der Waals surface area contributed by atoms with Crippen LogP contribution in [0.1, 0.15) is 96.8 Å². The summed E-state index contributed by atoms with van der Waals surface area (Å²) in [5.74, 6) is -0.598. The zero-order chi connectivity index (χ0) is 24.9. The second kappa shape index (κ2) is 21.1. The summed E-state index contributed by atoms with van der Waals surface area (Å²) in [6.07, 6.45) is 18.0. The van der Waals surface area contributed by atoms with Crippen molar-refractivity contribution in [3.63, 3.8) is 0 Å². The highest BCUT2D eigenvalue weighted by Crippen LogP contribution is 2.22. The summed E-state index contributed by atoms with van der Waals surface area (Å²) < 4.78 is 16.9. The third kappa shape index (κ3) is 14.9. The van der Waals surface area contributed by atoms with Gasteiger partial charge in [0, 0.05) is 18.9 Å². The Morgan fingerprint density at radius 2 is 1.47 bits per heavy atom. The zero-order valence-corrected chi connectivity index (χ0v) is 21.3. The van der Waals surface area contributed by atoms with Crippen LogP contribution in [-0.2, 0) is 19.0 Å². The van der Waals surface area contributed by atoms with Gasteiger partial charge in [-0.15, -0.1) is 0 Å². The zero-order valence-electron chi connectivity index (χ0n) is 21.3. The van der Waals surface area contributed by atoms with Crippen molar-refractivity contribution in [3.05, 3.63) is 12.3 Å². The predicted molar refractivity (Wildman–Crippen MR) is 134 cm³/mol. The smallest absolute Gasteiger partial charge is 0.242 e. The molecule has 1 fully saturated rings. The second-order valence-electron chi connectivity index (χ2n) is 9.21. The Hall–Kier alpha value is -1.19. The van der Waals surface area contributed by atoms with Crippen molar-refractivity contribution >= 4 is 5.91 Å². The summed E-state index contributed by atoms with van der Waals surface area (Å²) in [4.78, 5) is 10.8. The van der Waals surface area contributed by atoms with Gasteiger partial charge in [0.2, 0.25) is 5.91 Å². The van der Waals surface area contributed by atoms with E-state index in [2.05, 4.69) is 12.2 Å². The Morgan fingerprint density at radius 1 is 0.912 bits per heavy atom. The van der Waals surface area contributed by atoms with Crippen molar-refractivity contribution < 1.29 is 29.2 Å². The Bertz CT molecular complexity index is 520. The van der Waals surface area contributed by atoms with E-state index in [4.69, 9.17) is 19.9 Å². The minimum absolute atomic E-state index is 0.305. The number of hydrogen-bond acceptors (Lipinski definition) is 7. The van der Waals surface area contributed by atoms with Gasteiger partial charge in [0.15, 0.2) is 6.23 Å². The topological polar surface area (TPSA) is 123 Å². The third-order valence-corrected chi connectivity index (χ3v) is 6.21. The van der Waals surface area contributed by atoms with E-state index in [-0.39, 0.29) is 6.61 Å². The highest BCUT2D eigenvalue weighted by Gasteiger charge is 2.43. The minimum Gasteiger partial charge on any atom is -0.394 e. The second-order valence-corrected chi connectivity index (χ2v) is 9.21. The lowest BCUT2D eigenvalue weighted by atomic mass is 10.0. The maximum Gasteiger partial charge on any atom is 0.242 e. The van der Waals surface area contributed by atoms with Gasteiger partial charge in [-0.2, -0.15) is 0 Å². The van der Waals surface area contributed by atoms with Gasteiger partial charge in [0.25, 0.3) is 0 Å². The van der Waals surface area contributed by atoms with Crippen LogP contribution in [0.25, 0.3) is 0 Å². The SMILES string of the molecule is CCCCCCCCCCCCCCCCOCCOC1C(N/C=C\C(N)=O)OC(CO)C1O. The molecule has 4 unspecified atom stereocenters. The molecule has 5 N–H and O–H groups in total. The van der Waals surface area contributed by atoms with E-state index in [1.807, 2.05) is 0 Å². The standard InChI is InChI=1S/C26H50N2O6/c1-2-3-4-5-6-7-8-9-10-11-12-13-14-15-18-32-19-20-33-25-24(31)22(21-29)34-26(25)28-17-16-23(27)30/h16-17,22,24-26,28-29,31H,2-15,18-21H2,1H3,(H2,27,30)/b17-16-. The van der Waals surface area contributed by atoms with Gasteiger partial charge >= 0.3 is 0 Å². The lowest BCUT2D eigenvalue weighted by Crippen LogP contribution is -2.41. The highest BCUT2D eigenvalue weighted by atomic mass is 16.6. The molecule has 4 atom stereocenters. The monoisotopic (exact) mass is 486 g/mol. The first-order valence-electron chi connectivity index (χ1n) is 13.5. The molecule has 0 radical (unpaired) electrons. The number of ether oxygens (including phenoxy) is 3. The van der Waals surface area contributed by atoms with E-state index in [0.717, 1.165) is 12.5 Å². The number of carbonyl (C=O) groups is 1. The number of primary amides is 1. The van der Waals surface area contributed by atoms with Crippen LogP contribution in [0.3, 0.4) is 0 Å². The number of amides is 1. The van der Waals surface area contributed by atoms with Crippen molar-refractivity contribution in [2.45, 2.75) is 121 Å². The quantitative estimate of drug-likeness (QED) is 0.129. The molecule has 0 saturated carbocycles. The fraction of sp³-hybridized carbons (Fsp3) is 0.885. The summed E-state index contributed by atoms with van der Waals surface area (Å²) in [6.45, 7) is 3.37. The summed E-state index contributed by atoms with van der Waals surface area (Å²) in [5.41, 5.74) is 5.06. The average molecular weight is 487 g/mol. The summed E-state index contributed by atoms with van der Waals surface area (Å²) in [5, 5.41) is 22.4. The first-order chi connectivity index (χ1) is 16.6. The van der Waals surface area contributed by atoms with E-state index < -0.39 is 30.4 Å². The molecule has 0 aromatic heterocycles. The number of aliphatic hydroxyl groups is 2. The summed E-state index contributed by atoms with van der Waals surface area (Å²) >= 11 is 0. The van der Waals surface area contributed by atoms with Crippen LogP contribution < -0.4 is 11.1 Å². The molecule has 1 amide bonds. The Morgan fingerprint density at radius 3 is 2.00 bits per heavy atom. The van der Waals surface area contributed by atoms with Crippen molar-refractivity contribution in [2.75, 3.05) is 26.4 Å². The van der Waals surface area contributed by atoms with Gasteiger partial charge in [0.1, 0.15) is 18.3 Å². The fourth-order valence-electron chi connectivity index (χ4n) is 4.18. The number of nitrogens with one attached hydrogen (secondary N) is 1. The molecule has 0 spiro atoms. The minimum atomic E-state index is -0.977. The first-order valence-corrected chi connectivity index (χ1v) is 13.5. The molecule has 0 aromatic rings. The molecular formula is C26H50N2O6. The molecule has 34 heavy (non-hydrogen) atoms. The predicted octanol–water partition coefficient (Wildman–Crippen LogP) is 3.54. The van der Waals surface area contributed by atoms with Crippen LogP contribution in [0.2, 0.25) is 0 Å². The summed E-state index contributed by atoms with van der Waals surface area (Å²) in [6, 6.07) is 0. The highest BCUT2D eigenvalue weighted by molar-refractivity contribution is 5.85. The molecule has 200 valence electrons. The molecule has 1 heterocycles. The maximum absolute atomic E-state index is 10.8. The van der Waals surface area contributed by atoms with E-state index >= 15 is 0 Å². The number of aliphatic hydroxyl groups excluding tert-OH is 2. The third-order valence-electron chi connectivity index (χ3n) is 6.21. The van der Waals surface area contributed by atoms with Crippen molar-refractivity contribution in [1.82, 2.24) is 5.32 Å². The van der Waals surface area contributed by atoms with E-state index in [1.165, 1.54) is 89.7 Å². The Kier molecular flexibility index (Phi) is 19.2. The van der Waals surface area contributed by atoms with Crippen molar-refractivity contribution in [2.24, 2.45) is 5.73 Å². The van der Waals surface area contributed by atoms with Gasteiger partial charge in [-0.1, -0.05) is 90.4 Å². The van der Waals surface area contributed by atoms with Crippen LogP contribution in [-0.4, -0.2) is 67.1 Å². The van der Waals surface area contributed by atoms with Gasteiger partial charge in [0.05, 0.1) is 19.8 Å². The number of nitrogens with two attached hydrogens (primary N) is 1. The summed E-state index contributed by atoms with van der Waals surface area (Å²) in [7, 11) is 0. The molecule has 0 bridgehead atoms. The maximum atomic E-state index is 10.8. The molecular weight excluding hydrogens is 436 g/mol. The van der Waals surface area contributed by atoms with Gasteiger partial charge in [-0.05, 0) is 6.42 Å². The van der Waals surface area contributed by atoms with Gasteiger partial charge < -0.3 is 35.5 Å². The first kappa shape index (κ1) is 30.8. The van der Waals surface area contributed by atoms with Crippen molar-refractivity contribution in [1.29, 1.82) is 0 Å². The number of carbonyl (C=O) groups excluding carboxylic acids is 1. The normalized spacial score (nSPS) is 22.6. The Balaban J connectivity index is 1.95. The molecule has 8 nitrogen and oxygen atoms in total. The number of unbranched alkanes of at least 4 members (excludes halogenated alkanes) is 13. The molecule has 1 saturated heterocycles. The molecule has 1 aliphatic heterocycles. The van der Waals surface area contributed by atoms with Gasteiger partial charge in [-0.25, -0.2) is 0 Å². The largest absolute Gasteiger partial charge is 0.394 e. The number of rotatable bonds is 23.